The monoisotopic (exact) mass is 456 g/mol. The first-order valence-electron chi connectivity index (χ1n) is 10.7. The van der Waals surface area contributed by atoms with Crippen LogP contribution in [0.1, 0.15) is 67.5 Å². The van der Waals surface area contributed by atoms with Gasteiger partial charge in [-0.15, -0.1) is 11.3 Å². The van der Waals surface area contributed by atoms with Gasteiger partial charge in [-0.3, -0.25) is 4.79 Å². The van der Waals surface area contributed by atoms with Crippen molar-refractivity contribution in [1.29, 1.82) is 0 Å². The summed E-state index contributed by atoms with van der Waals surface area (Å²) in [5.41, 5.74) is 3.46. The molecule has 0 spiro atoms. The quantitative estimate of drug-likeness (QED) is 0.471. The van der Waals surface area contributed by atoms with Gasteiger partial charge in [-0.2, -0.15) is 0 Å². The Labute approximate surface area is 195 Å². The van der Waals surface area contributed by atoms with E-state index in [4.69, 9.17) is 12.2 Å². The Hall–Kier alpha value is -2.25. The molecule has 2 heterocycles. The number of benzene rings is 1. The molecule has 0 bridgehead atoms. The molecule has 3 rings (SSSR count). The number of amides is 1. The van der Waals surface area contributed by atoms with Crippen molar-refractivity contribution in [3.8, 4) is 0 Å². The minimum Gasteiger partial charge on any atom is -0.359 e. The first kappa shape index (κ1) is 23.4. The van der Waals surface area contributed by atoms with E-state index in [9.17, 15) is 4.79 Å². The highest BCUT2D eigenvalue weighted by molar-refractivity contribution is 7.80. The molecular weight excluding hydrogens is 424 g/mol. The number of carbonyl (C=O) groups is 1. The molecule has 2 aromatic rings. The standard InChI is InChI=1S/C24H32N4OS2/c1-16(2)14-25-23(30)28-12-10-17(11-13-28)22-27-20(15-31-22)21(29)26-19-9-7-6-8-18(19)24(3,4)5/h6-9,15,17H,1,10-14H2,2-5H3,(H,25,30)(H,26,29). The van der Waals surface area contributed by atoms with Gasteiger partial charge in [0, 0.05) is 36.6 Å². The molecule has 2 N–H and O–H groups in total. The van der Waals surface area contributed by atoms with Crippen LogP contribution in [0.15, 0.2) is 41.8 Å². The van der Waals surface area contributed by atoms with Crippen LogP contribution in [0.3, 0.4) is 0 Å². The smallest absolute Gasteiger partial charge is 0.275 e. The molecule has 5 nitrogen and oxygen atoms in total. The Bertz CT molecular complexity index is 952. The number of likely N-dealkylation sites (tertiary alicyclic amines) is 1. The molecule has 0 atom stereocenters. The molecule has 7 heteroatoms. The summed E-state index contributed by atoms with van der Waals surface area (Å²) >= 11 is 7.07. The van der Waals surface area contributed by atoms with Gasteiger partial charge >= 0.3 is 0 Å². The molecule has 31 heavy (non-hydrogen) atoms. The van der Waals surface area contributed by atoms with Crippen LogP contribution in [0, 0.1) is 0 Å². The van der Waals surface area contributed by atoms with E-state index in [0.29, 0.717) is 18.2 Å². The number of anilines is 1. The largest absolute Gasteiger partial charge is 0.359 e. The third kappa shape index (κ3) is 6.14. The summed E-state index contributed by atoms with van der Waals surface area (Å²) in [6, 6.07) is 7.96. The van der Waals surface area contributed by atoms with Gasteiger partial charge in [0.2, 0.25) is 0 Å². The number of carbonyl (C=O) groups excluding carboxylic acids is 1. The van der Waals surface area contributed by atoms with E-state index >= 15 is 0 Å². The van der Waals surface area contributed by atoms with Gasteiger partial charge in [-0.25, -0.2) is 4.98 Å². The second-order valence-corrected chi connectivity index (χ2v) is 10.5. The average molecular weight is 457 g/mol. The van der Waals surface area contributed by atoms with E-state index in [-0.39, 0.29) is 11.3 Å². The Morgan fingerprint density at radius 2 is 1.97 bits per heavy atom. The summed E-state index contributed by atoms with van der Waals surface area (Å²) in [5, 5.41) is 10.0. The number of hydrogen-bond acceptors (Lipinski definition) is 4. The van der Waals surface area contributed by atoms with Crippen molar-refractivity contribution in [2.75, 3.05) is 25.0 Å². The number of rotatable bonds is 5. The lowest BCUT2D eigenvalue weighted by molar-refractivity contribution is 0.102. The zero-order chi connectivity index (χ0) is 22.6. The van der Waals surface area contributed by atoms with Crippen LogP contribution < -0.4 is 10.6 Å². The van der Waals surface area contributed by atoms with E-state index in [1.807, 2.05) is 30.5 Å². The molecule has 1 aromatic heterocycles. The van der Waals surface area contributed by atoms with Gasteiger partial charge in [0.25, 0.3) is 5.91 Å². The molecule has 1 fully saturated rings. The number of piperidine rings is 1. The van der Waals surface area contributed by atoms with Gasteiger partial charge in [0.1, 0.15) is 5.69 Å². The van der Waals surface area contributed by atoms with Crippen LogP contribution >= 0.6 is 23.6 Å². The van der Waals surface area contributed by atoms with Crippen molar-refractivity contribution >= 4 is 40.3 Å². The minimum absolute atomic E-state index is 0.0507. The second kappa shape index (κ2) is 9.92. The number of hydrogen-bond donors (Lipinski definition) is 2. The van der Waals surface area contributed by atoms with E-state index < -0.39 is 0 Å². The summed E-state index contributed by atoms with van der Waals surface area (Å²) in [6.07, 6.45) is 1.96. The zero-order valence-electron chi connectivity index (χ0n) is 18.8. The molecular formula is C24H32N4OS2. The van der Waals surface area contributed by atoms with E-state index in [2.05, 4.69) is 53.9 Å². The molecule has 1 aliphatic heterocycles. The molecule has 1 aromatic carbocycles. The van der Waals surface area contributed by atoms with Crippen molar-refractivity contribution in [2.45, 2.75) is 51.9 Å². The maximum absolute atomic E-state index is 12.8. The number of thiocarbonyl (C=S) groups is 1. The third-order valence-electron chi connectivity index (χ3n) is 5.41. The first-order chi connectivity index (χ1) is 14.6. The molecule has 0 saturated carbocycles. The number of thiazole rings is 1. The predicted molar refractivity (Wildman–Crippen MR) is 134 cm³/mol. The Morgan fingerprint density at radius 1 is 1.29 bits per heavy atom. The number of nitrogens with one attached hydrogen (secondary N) is 2. The summed E-state index contributed by atoms with van der Waals surface area (Å²) in [5.74, 6) is 0.218. The van der Waals surface area contributed by atoms with Crippen LogP contribution in [0.4, 0.5) is 5.69 Å². The highest BCUT2D eigenvalue weighted by Crippen LogP contribution is 2.32. The molecule has 1 saturated heterocycles. The van der Waals surface area contributed by atoms with E-state index in [1.165, 1.54) is 0 Å². The summed E-state index contributed by atoms with van der Waals surface area (Å²) in [4.78, 5) is 19.7. The van der Waals surface area contributed by atoms with Gasteiger partial charge in [0.15, 0.2) is 5.11 Å². The zero-order valence-corrected chi connectivity index (χ0v) is 20.5. The molecule has 166 valence electrons. The third-order valence-corrected chi connectivity index (χ3v) is 6.82. The van der Waals surface area contributed by atoms with Crippen molar-refractivity contribution in [1.82, 2.24) is 15.2 Å². The van der Waals surface area contributed by atoms with Gasteiger partial charge in [0.05, 0.1) is 5.01 Å². The normalized spacial score (nSPS) is 14.9. The summed E-state index contributed by atoms with van der Waals surface area (Å²) in [6.45, 7) is 14.8. The minimum atomic E-state index is -0.151. The lowest BCUT2D eigenvalue weighted by Gasteiger charge is -2.33. The molecule has 0 radical (unpaired) electrons. The van der Waals surface area contributed by atoms with Crippen LogP contribution in [0.25, 0.3) is 0 Å². The van der Waals surface area contributed by atoms with Crippen molar-refractivity contribution < 1.29 is 4.79 Å². The van der Waals surface area contributed by atoms with Crippen molar-refractivity contribution in [3.63, 3.8) is 0 Å². The van der Waals surface area contributed by atoms with Gasteiger partial charge in [-0.05, 0) is 49.0 Å². The Kier molecular flexibility index (Phi) is 7.49. The second-order valence-electron chi connectivity index (χ2n) is 9.20. The number of aromatic nitrogens is 1. The number of nitrogens with zero attached hydrogens (tertiary/aromatic N) is 2. The first-order valence-corrected chi connectivity index (χ1v) is 12.0. The lowest BCUT2D eigenvalue weighted by atomic mass is 9.86. The summed E-state index contributed by atoms with van der Waals surface area (Å²) < 4.78 is 0. The molecule has 0 aliphatic carbocycles. The van der Waals surface area contributed by atoms with Gasteiger partial charge in [-0.1, -0.05) is 51.1 Å². The fourth-order valence-corrected chi connectivity index (χ4v) is 4.91. The molecule has 1 amide bonds. The van der Waals surface area contributed by atoms with Crippen LogP contribution in [0.5, 0.6) is 0 Å². The highest BCUT2D eigenvalue weighted by Gasteiger charge is 2.25. The van der Waals surface area contributed by atoms with Crippen molar-refractivity contribution in [3.05, 3.63) is 58.1 Å². The van der Waals surface area contributed by atoms with Crippen LogP contribution in [0.2, 0.25) is 0 Å². The summed E-state index contributed by atoms with van der Waals surface area (Å²) in [7, 11) is 0. The van der Waals surface area contributed by atoms with Crippen molar-refractivity contribution in [2.24, 2.45) is 0 Å². The van der Waals surface area contributed by atoms with E-state index in [1.54, 1.807) is 11.3 Å². The van der Waals surface area contributed by atoms with Crippen LogP contribution in [-0.2, 0) is 5.41 Å². The topological polar surface area (TPSA) is 57.3 Å². The Balaban J connectivity index is 1.59. The fourth-order valence-electron chi connectivity index (χ4n) is 3.68. The van der Waals surface area contributed by atoms with E-state index in [0.717, 1.165) is 52.9 Å². The number of para-hydroxylation sites is 1. The molecule has 0 unspecified atom stereocenters. The highest BCUT2D eigenvalue weighted by atomic mass is 32.1. The maximum atomic E-state index is 12.8. The lowest BCUT2D eigenvalue weighted by Crippen LogP contribution is -2.44. The van der Waals surface area contributed by atoms with Gasteiger partial charge < -0.3 is 15.5 Å². The fraction of sp³-hybridized carbons (Fsp3) is 0.458. The Morgan fingerprint density at radius 3 is 2.61 bits per heavy atom. The average Bonchev–Trinajstić information content (AvgIpc) is 3.22. The predicted octanol–water partition coefficient (Wildman–Crippen LogP) is 5.32. The molecule has 1 aliphatic rings. The van der Waals surface area contributed by atoms with Crippen LogP contribution in [-0.4, -0.2) is 40.5 Å². The maximum Gasteiger partial charge on any atom is 0.275 e. The SMILES string of the molecule is C=C(C)CNC(=S)N1CCC(c2nc(C(=O)Nc3ccccc3C(C)(C)C)cs2)CC1.